The lowest BCUT2D eigenvalue weighted by atomic mass is 10.2. The van der Waals surface area contributed by atoms with Gasteiger partial charge in [-0.15, -0.1) is 0 Å². The first kappa shape index (κ1) is 20.1. The summed E-state index contributed by atoms with van der Waals surface area (Å²) >= 11 is 0. The van der Waals surface area contributed by atoms with Crippen LogP contribution in [0.5, 0.6) is 5.75 Å². The van der Waals surface area contributed by atoms with Crippen LogP contribution >= 0.6 is 0 Å². The zero-order chi connectivity index (χ0) is 20.6. The number of amides is 2. The van der Waals surface area contributed by atoms with Crippen molar-refractivity contribution in [3.05, 3.63) is 95.8 Å². The molecule has 0 bridgehead atoms. The highest BCUT2D eigenvalue weighted by molar-refractivity contribution is 5.95. The van der Waals surface area contributed by atoms with E-state index in [0.717, 1.165) is 5.56 Å². The Kier molecular flexibility index (Phi) is 6.58. The molecule has 3 aromatic carbocycles. The molecule has 2 amide bonds. The average Bonchev–Trinajstić information content (AvgIpc) is 2.74. The maximum Gasteiger partial charge on any atom is 0.265 e. The van der Waals surface area contributed by atoms with Crippen LogP contribution in [0.1, 0.15) is 22.8 Å². The number of rotatable bonds is 7. The van der Waals surface area contributed by atoms with Crippen molar-refractivity contribution in [2.24, 2.45) is 0 Å². The molecule has 0 aliphatic rings. The van der Waals surface area contributed by atoms with E-state index in [4.69, 9.17) is 4.74 Å². The molecule has 0 fully saturated rings. The zero-order valence-corrected chi connectivity index (χ0v) is 15.9. The summed E-state index contributed by atoms with van der Waals surface area (Å²) < 4.78 is 18.6. The Morgan fingerprint density at radius 3 is 2.41 bits per heavy atom. The van der Waals surface area contributed by atoms with Crippen molar-refractivity contribution in [1.29, 1.82) is 0 Å². The highest BCUT2D eigenvalue weighted by atomic mass is 19.1. The van der Waals surface area contributed by atoms with E-state index in [9.17, 15) is 14.0 Å². The molecule has 0 heterocycles. The van der Waals surface area contributed by atoms with Crippen LogP contribution in [-0.2, 0) is 11.3 Å². The molecule has 29 heavy (non-hydrogen) atoms. The van der Waals surface area contributed by atoms with Crippen molar-refractivity contribution in [3.63, 3.8) is 0 Å². The van der Waals surface area contributed by atoms with E-state index < -0.39 is 6.10 Å². The molecule has 3 aromatic rings. The first-order valence-corrected chi connectivity index (χ1v) is 9.16. The lowest BCUT2D eigenvalue weighted by Crippen LogP contribution is -2.30. The van der Waals surface area contributed by atoms with E-state index in [1.54, 1.807) is 31.2 Å². The molecule has 2 N–H and O–H groups in total. The Labute approximate surface area is 168 Å². The minimum atomic E-state index is -0.803. The summed E-state index contributed by atoms with van der Waals surface area (Å²) in [5, 5.41) is 5.51. The maximum absolute atomic E-state index is 13.0. The fourth-order valence-electron chi connectivity index (χ4n) is 2.63. The van der Waals surface area contributed by atoms with Crippen LogP contribution < -0.4 is 15.4 Å². The summed E-state index contributed by atoms with van der Waals surface area (Å²) in [5.74, 6) is -0.591. The number of anilines is 1. The van der Waals surface area contributed by atoms with Crippen molar-refractivity contribution < 1.29 is 18.7 Å². The van der Waals surface area contributed by atoms with E-state index in [-0.39, 0.29) is 17.6 Å². The molecule has 148 valence electrons. The molecular formula is C23H21FN2O3. The van der Waals surface area contributed by atoms with Gasteiger partial charge in [0.25, 0.3) is 11.8 Å². The smallest absolute Gasteiger partial charge is 0.265 e. The quantitative estimate of drug-likeness (QED) is 0.634. The SMILES string of the molecule is C[C@@H](Oc1cccc(C(=O)NCc2ccccc2)c1)C(=O)Nc1ccc(F)cc1. The fourth-order valence-corrected chi connectivity index (χ4v) is 2.63. The molecule has 0 spiro atoms. The molecule has 0 saturated heterocycles. The van der Waals surface area contributed by atoms with Crippen LogP contribution in [-0.4, -0.2) is 17.9 Å². The molecular weight excluding hydrogens is 371 g/mol. The van der Waals surface area contributed by atoms with E-state index in [1.807, 2.05) is 30.3 Å². The Hall–Kier alpha value is -3.67. The average molecular weight is 392 g/mol. The summed E-state index contributed by atoms with van der Waals surface area (Å²) in [4.78, 5) is 24.7. The monoisotopic (exact) mass is 392 g/mol. The normalized spacial score (nSPS) is 11.4. The molecule has 0 aliphatic heterocycles. The molecule has 0 unspecified atom stereocenters. The van der Waals surface area contributed by atoms with Gasteiger partial charge in [0.1, 0.15) is 11.6 Å². The topological polar surface area (TPSA) is 67.4 Å². The number of carbonyl (C=O) groups is 2. The van der Waals surface area contributed by atoms with Crippen LogP contribution in [0.25, 0.3) is 0 Å². The standard InChI is InChI=1S/C23H21FN2O3/c1-16(22(27)26-20-12-10-19(24)11-13-20)29-21-9-5-8-18(14-21)23(28)25-15-17-6-3-2-4-7-17/h2-14,16H,15H2,1H3,(H,25,28)(H,26,27)/t16-/m1/s1. The number of benzene rings is 3. The van der Waals surface area contributed by atoms with Gasteiger partial charge in [-0.2, -0.15) is 0 Å². The van der Waals surface area contributed by atoms with Gasteiger partial charge in [-0.1, -0.05) is 36.4 Å². The van der Waals surface area contributed by atoms with Crippen LogP contribution in [0.4, 0.5) is 10.1 Å². The second kappa shape index (κ2) is 9.50. The molecule has 1 atom stereocenters. The Morgan fingerprint density at radius 2 is 1.69 bits per heavy atom. The first-order valence-electron chi connectivity index (χ1n) is 9.16. The highest BCUT2D eigenvalue weighted by Gasteiger charge is 2.16. The van der Waals surface area contributed by atoms with Gasteiger partial charge in [0.05, 0.1) is 0 Å². The molecule has 0 radical (unpaired) electrons. The minimum Gasteiger partial charge on any atom is -0.481 e. The number of ether oxygens (including phenoxy) is 1. The minimum absolute atomic E-state index is 0.234. The van der Waals surface area contributed by atoms with Crippen molar-refractivity contribution in [3.8, 4) is 5.75 Å². The fraction of sp³-hybridized carbons (Fsp3) is 0.130. The first-order chi connectivity index (χ1) is 14.0. The largest absolute Gasteiger partial charge is 0.481 e. The Bertz CT molecular complexity index is 975. The second-order valence-corrected chi connectivity index (χ2v) is 6.45. The Balaban J connectivity index is 1.57. The molecule has 0 aromatic heterocycles. The summed E-state index contributed by atoms with van der Waals surface area (Å²) in [5.41, 5.74) is 1.91. The second-order valence-electron chi connectivity index (χ2n) is 6.45. The summed E-state index contributed by atoms with van der Waals surface area (Å²) in [6.07, 6.45) is -0.803. The van der Waals surface area contributed by atoms with Crippen LogP contribution in [0.3, 0.4) is 0 Å². The van der Waals surface area contributed by atoms with Crippen molar-refractivity contribution in [2.45, 2.75) is 19.6 Å². The molecule has 0 aliphatic carbocycles. The van der Waals surface area contributed by atoms with Gasteiger partial charge in [0, 0.05) is 17.8 Å². The van der Waals surface area contributed by atoms with Gasteiger partial charge in [0.2, 0.25) is 0 Å². The van der Waals surface area contributed by atoms with Crippen molar-refractivity contribution in [2.75, 3.05) is 5.32 Å². The van der Waals surface area contributed by atoms with E-state index >= 15 is 0 Å². The van der Waals surface area contributed by atoms with Gasteiger partial charge in [-0.05, 0) is 55.0 Å². The number of halogens is 1. The molecule has 0 saturated carbocycles. The van der Waals surface area contributed by atoms with Crippen molar-refractivity contribution >= 4 is 17.5 Å². The highest BCUT2D eigenvalue weighted by Crippen LogP contribution is 2.16. The number of nitrogens with one attached hydrogen (secondary N) is 2. The summed E-state index contributed by atoms with van der Waals surface area (Å²) in [7, 11) is 0. The lowest BCUT2D eigenvalue weighted by Gasteiger charge is -2.15. The van der Waals surface area contributed by atoms with Crippen LogP contribution in [0, 0.1) is 5.82 Å². The maximum atomic E-state index is 13.0. The number of carbonyl (C=O) groups excluding carboxylic acids is 2. The summed E-state index contributed by atoms with van der Waals surface area (Å²) in [6, 6.07) is 21.7. The molecule has 6 heteroatoms. The van der Waals surface area contributed by atoms with E-state index in [1.165, 1.54) is 24.3 Å². The van der Waals surface area contributed by atoms with Gasteiger partial charge in [0.15, 0.2) is 6.10 Å². The third-order valence-corrected chi connectivity index (χ3v) is 4.19. The van der Waals surface area contributed by atoms with E-state index in [2.05, 4.69) is 10.6 Å². The predicted octanol–water partition coefficient (Wildman–Crippen LogP) is 4.16. The number of hydrogen-bond donors (Lipinski definition) is 2. The van der Waals surface area contributed by atoms with Gasteiger partial charge in [-0.25, -0.2) is 4.39 Å². The third kappa shape index (κ3) is 5.90. The van der Waals surface area contributed by atoms with Gasteiger partial charge in [-0.3, -0.25) is 9.59 Å². The predicted molar refractivity (Wildman–Crippen MR) is 109 cm³/mol. The molecule has 3 rings (SSSR count). The van der Waals surface area contributed by atoms with Gasteiger partial charge >= 0.3 is 0 Å². The van der Waals surface area contributed by atoms with Crippen molar-refractivity contribution in [1.82, 2.24) is 5.32 Å². The van der Waals surface area contributed by atoms with Crippen LogP contribution in [0.15, 0.2) is 78.9 Å². The number of hydrogen-bond acceptors (Lipinski definition) is 3. The van der Waals surface area contributed by atoms with Gasteiger partial charge < -0.3 is 15.4 Å². The van der Waals surface area contributed by atoms with Crippen LogP contribution in [0.2, 0.25) is 0 Å². The lowest BCUT2D eigenvalue weighted by molar-refractivity contribution is -0.122. The molecule has 5 nitrogen and oxygen atoms in total. The third-order valence-electron chi connectivity index (χ3n) is 4.19. The Morgan fingerprint density at radius 1 is 0.966 bits per heavy atom. The zero-order valence-electron chi connectivity index (χ0n) is 15.9. The summed E-state index contributed by atoms with van der Waals surface area (Å²) in [6.45, 7) is 2.02. The van der Waals surface area contributed by atoms with E-state index in [0.29, 0.717) is 23.5 Å².